The second-order valence-corrected chi connectivity index (χ2v) is 6.62. The number of hydrogen-bond donors (Lipinski definition) is 1. The van der Waals surface area contributed by atoms with E-state index >= 15 is 0 Å². The van der Waals surface area contributed by atoms with Crippen LogP contribution in [0.2, 0.25) is 0 Å². The van der Waals surface area contributed by atoms with Gasteiger partial charge in [-0.3, -0.25) is 0 Å². The summed E-state index contributed by atoms with van der Waals surface area (Å²) in [5, 5.41) is 4.71. The third kappa shape index (κ3) is 4.65. The van der Waals surface area contributed by atoms with E-state index in [0.717, 1.165) is 30.9 Å². The average molecular weight is 302 g/mol. The molecule has 0 fully saturated rings. The monoisotopic (exact) mass is 302 g/mol. The van der Waals surface area contributed by atoms with Crippen molar-refractivity contribution in [2.24, 2.45) is 0 Å². The molecule has 1 N–H and O–H groups in total. The van der Waals surface area contributed by atoms with Crippen LogP contribution < -0.4 is 5.32 Å². The van der Waals surface area contributed by atoms with Crippen LogP contribution >= 0.6 is 11.3 Å². The molecule has 0 aliphatic carbocycles. The molecule has 2 rings (SSSR count). The Hall–Kier alpha value is -1.19. The summed E-state index contributed by atoms with van der Waals surface area (Å²) < 4.78 is 0. The van der Waals surface area contributed by atoms with Crippen molar-refractivity contribution in [1.82, 2.24) is 10.3 Å². The Balaban J connectivity index is 2.16. The van der Waals surface area contributed by atoms with E-state index in [-0.39, 0.29) is 0 Å². The first kappa shape index (κ1) is 16.2. The summed E-state index contributed by atoms with van der Waals surface area (Å²) in [7, 11) is 0. The van der Waals surface area contributed by atoms with E-state index in [0.29, 0.717) is 0 Å². The average Bonchev–Trinajstić information content (AvgIpc) is 2.87. The third-order valence-electron chi connectivity index (χ3n) is 3.52. The summed E-state index contributed by atoms with van der Waals surface area (Å²) >= 11 is 1.85. The highest BCUT2D eigenvalue weighted by atomic mass is 32.1. The molecule has 114 valence electrons. The fourth-order valence-corrected chi connectivity index (χ4v) is 3.43. The van der Waals surface area contributed by atoms with Crippen molar-refractivity contribution in [2.45, 2.75) is 53.0 Å². The zero-order valence-electron chi connectivity index (χ0n) is 13.4. The second kappa shape index (κ2) is 8.30. The summed E-state index contributed by atoms with van der Waals surface area (Å²) in [5.41, 5.74) is 3.82. The lowest BCUT2D eigenvalue weighted by Crippen LogP contribution is -2.14. The highest BCUT2D eigenvalue weighted by Crippen LogP contribution is 2.29. The smallest absolute Gasteiger partial charge is 0.123 e. The van der Waals surface area contributed by atoms with E-state index in [2.05, 4.69) is 50.4 Å². The van der Waals surface area contributed by atoms with E-state index in [9.17, 15) is 0 Å². The van der Waals surface area contributed by atoms with Crippen LogP contribution in [0.1, 0.15) is 49.2 Å². The number of nitrogens with one attached hydrogen (secondary N) is 1. The first-order chi connectivity index (χ1) is 10.2. The quantitative estimate of drug-likeness (QED) is 0.697. The van der Waals surface area contributed by atoms with Gasteiger partial charge in [0, 0.05) is 17.0 Å². The molecule has 21 heavy (non-hydrogen) atoms. The van der Waals surface area contributed by atoms with E-state index in [1.54, 1.807) is 0 Å². The van der Waals surface area contributed by atoms with Gasteiger partial charge in [0.05, 0.1) is 5.69 Å². The predicted octanol–water partition coefficient (Wildman–Crippen LogP) is 4.96. The molecule has 2 nitrogen and oxygen atoms in total. The summed E-state index contributed by atoms with van der Waals surface area (Å²) in [6, 6.07) is 8.64. The molecule has 0 saturated carbocycles. The minimum absolute atomic E-state index is 0.957. The van der Waals surface area contributed by atoms with Crippen molar-refractivity contribution < 1.29 is 0 Å². The summed E-state index contributed by atoms with van der Waals surface area (Å²) in [6.07, 6.45) is 4.71. The van der Waals surface area contributed by atoms with Crippen molar-refractivity contribution in [3.8, 4) is 10.6 Å². The summed E-state index contributed by atoms with van der Waals surface area (Å²) in [6.45, 7) is 8.64. The van der Waals surface area contributed by atoms with Crippen LogP contribution in [0.3, 0.4) is 0 Å². The normalized spacial score (nSPS) is 11.0. The minimum Gasteiger partial charge on any atom is -0.312 e. The fraction of sp³-hybridized carbons (Fsp3) is 0.500. The van der Waals surface area contributed by atoms with Gasteiger partial charge in [0.1, 0.15) is 5.01 Å². The van der Waals surface area contributed by atoms with Gasteiger partial charge in [-0.15, -0.1) is 11.3 Å². The molecular weight excluding hydrogens is 276 g/mol. The van der Waals surface area contributed by atoms with Gasteiger partial charge in [-0.1, -0.05) is 50.5 Å². The van der Waals surface area contributed by atoms with Crippen molar-refractivity contribution >= 4 is 11.3 Å². The van der Waals surface area contributed by atoms with Crippen molar-refractivity contribution in [1.29, 1.82) is 0 Å². The Morgan fingerprint density at radius 2 is 2.05 bits per heavy atom. The number of aromatic nitrogens is 1. The van der Waals surface area contributed by atoms with Gasteiger partial charge in [0.25, 0.3) is 0 Å². The van der Waals surface area contributed by atoms with E-state index in [1.165, 1.54) is 34.5 Å². The van der Waals surface area contributed by atoms with Crippen LogP contribution in [0.5, 0.6) is 0 Å². The molecule has 0 atom stereocenters. The van der Waals surface area contributed by atoms with Crippen LogP contribution in [0.25, 0.3) is 10.6 Å². The predicted molar refractivity (Wildman–Crippen MR) is 92.9 cm³/mol. The maximum Gasteiger partial charge on any atom is 0.123 e. The summed E-state index contributed by atoms with van der Waals surface area (Å²) in [4.78, 5) is 6.30. The molecule has 1 aromatic heterocycles. The highest BCUT2D eigenvalue weighted by Gasteiger charge is 2.11. The van der Waals surface area contributed by atoms with Gasteiger partial charge >= 0.3 is 0 Å². The lowest BCUT2D eigenvalue weighted by Gasteiger charge is -2.03. The van der Waals surface area contributed by atoms with Crippen molar-refractivity contribution in [2.75, 3.05) is 6.54 Å². The third-order valence-corrected chi connectivity index (χ3v) is 4.67. The standard InChI is InChI=1S/C18H26N2S/c1-4-6-11-19-13-17-16(8-5-2)20-18(21-17)15-10-7-9-14(3)12-15/h7,9-10,12,19H,4-6,8,11,13H2,1-3H3. The van der Waals surface area contributed by atoms with Gasteiger partial charge in [-0.2, -0.15) is 0 Å². The molecule has 0 saturated heterocycles. The number of aryl methyl sites for hydroxylation is 2. The zero-order chi connectivity index (χ0) is 15.1. The maximum absolute atomic E-state index is 4.89. The Morgan fingerprint density at radius 3 is 2.76 bits per heavy atom. The minimum atomic E-state index is 0.957. The highest BCUT2D eigenvalue weighted by molar-refractivity contribution is 7.15. The Labute approximate surface area is 132 Å². The van der Waals surface area contributed by atoms with Crippen LogP contribution in [0.4, 0.5) is 0 Å². The van der Waals surface area contributed by atoms with Gasteiger partial charge in [-0.25, -0.2) is 4.98 Å². The molecule has 0 spiro atoms. The molecule has 0 bridgehead atoms. The van der Waals surface area contributed by atoms with Crippen molar-refractivity contribution in [3.63, 3.8) is 0 Å². The zero-order valence-corrected chi connectivity index (χ0v) is 14.2. The number of hydrogen-bond acceptors (Lipinski definition) is 3. The van der Waals surface area contributed by atoms with Crippen LogP contribution in [0, 0.1) is 6.92 Å². The largest absolute Gasteiger partial charge is 0.312 e. The number of benzene rings is 1. The molecule has 0 radical (unpaired) electrons. The molecule has 1 aromatic carbocycles. The molecule has 1 heterocycles. The molecular formula is C18H26N2S. The number of rotatable bonds is 8. The topological polar surface area (TPSA) is 24.9 Å². The fourth-order valence-electron chi connectivity index (χ4n) is 2.36. The SMILES string of the molecule is CCCCNCc1sc(-c2cccc(C)c2)nc1CCC. The molecule has 0 aliphatic rings. The van der Waals surface area contributed by atoms with Crippen LogP contribution in [0.15, 0.2) is 24.3 Å². The first-order valence-corrected chi connectivity index (χ1v) is 8.82. The lowest BCUT2D eigenvalue weighted by molar-refractivity contribution is 0.641. The molecule has 0 unspecified atom stereocenters. The first-order valence-electron chi connectivity index (χ1n) is 8.01. The number of thiazole rings is 1. The van der Waals surface area contributed by atoms with Crippen LogP contribution in [-0.2, 0) is 13.0 Å². The van der Waals surface area contributed by atoms with E-state index in [1.807, 2.05) is 11.3 Å². The Bertz CT molecular complexity index is 560. The van der Waals surface area contributed by atoms with Gasteiger partial charge in [0.15, 0.2) is 0 Å². The molecule has 0 aliphatic heterocycles. The van der Waals surface area contributed by atoms with Crippen LogP contribution in [-0.4, -0.2) is 11.5 Å². The van der Waals surface area contributed by atoms with E-state index in [4.69, 9.17) is 4.98 Å². The number of unbranched alkanes of at least 4 members (excludes halogenated alkanes) is 1. The lowest BCUT2D eigenvalue weighted by atomic mass is 10.1. The molecule has 2 aromatic rings. The van der Waals surface area contributed by atoms with Gasteiger partial charge in [0.2, 0.25) is 0 Å². The number of nitrogens with zero attached hydrogens (tertiary/aromatic N) is 1. The Kier molecular flexibility index (Phi) is 6.40. The van der Waals surface area contributed by atoms with Gasteiger partial charge in [-0.05, 0) is 32.4 Å². The molecule has 3 heteroatoms. The van der Waals surface area contributed by atoms with E-state index < -0.39 is 0 Å². The second-order valence-electron chi connectivity index (χ2n) is 5.54. The molecule has 0 amide bonds. The van der Waals surface area contributed by atoms with Crippen molar-refractivity contribution in [3.05, 3.63) is 40.4 Å². The Morgan fingerprint density at radius 1 is 1.19 bits per heavy atom. The summed E-state index contributed by atoms with van der Waals surface area (Å²) in [5.74, 6) is 0. The van der Waals surface area contributed by atoms with Gasteiger partial charge < -0.3 is 5.32 Å². The maximum atomic E-state index is 4.89.